The van der Waals surface area contributed by atoms with Gasteiger partial charge in [0.25, 0.3) is 0 Å². The van der Waals surface area contributed by atoms with E-state index in [0.717, 1.165) is 19.4 Å². The van der Waals surface area contributed by atoms with E-state index in [2.05, 4.69) is 63.1 Å². The molecule has 18 heavy (non-hydrogen) atoms. The molecule has 102 valence electrons. The van der Waals surface area contributed by atoms with Crippen molar-refractivity contribution in [1.29, 1.82) is 0 Å². The lowest BCUT2D eigenvalue weighted by atomic mass is 9.99. The summed E-state index contributed by atoms with van der Waals surface area (Å²) in [5, 5.41) is 0. The molecule has 0 amide bonds. The quantitative estimate of drug-likeness (QED) is 0.804. The van der Waals surface area contributed by atoms with Crippen LogP contribution in [0.1, 0.15) is 32.8 Å². The Bertz CT molecular complexity index is 321. The maximum absolute atomic E-state index is 5.93. The molecule has 1 rings (SSSR count). The summed E-state index contributed by atoms with van der Waals surface area (Å²) >= 11 is 0. The summed E-state index contributed by atoms with van der Waals surface area (Å²) in [6.45, 7) is 7.56. The van der Waals surface area contributed by atoms with Crippen LogP contribution in [0.3, 0.4) is 0 Å². The zero-order valence-electron chi connectivity index (χ0n) is 12.3. The van der Waals surface area contributed by atoms with Gasteiger partial charge in [0, 0.05) is 18.6 Å². The van der Waals surface area contributed by atoms with Gasteiger partial charge in [0.1, 0.15) is 0 Å². The molecule has 2 atom stereocenters. The molecule has 1 aromatic carbocycles. The molecule has 0 aromatic heterocycles. The lowest BCUT2D eigenvalue weighted by molar-refractivity contribution is 0.145. The van der Waals surface area contributed by atoms with Crippen LogP contribution in [-0.2, 0) is 6.42 Å². The largest absolute Gasteiger partial charge is 0.329 e. The van der Waals surface area contributed by atoms with Crippen LogP contribution in [0.15, 0.2) is 30.3 Å². The smallest absolute Gasteiger partial charge is 0.0221 e. The number of nitrogens with zero attached hydrogens (tertiary/aromatic N) is 1. The highest BCUT2D eigenvalue weighted by atomic mass is 15.2. The second-order valence-corrected chi connectivity index (χ2v) is 5.56. The minimum atomic E-state index is 0.475. The van der Waals surface area contributed by atoms with Gasteiger partial charge in [-0.2, -0.15) is 0 Å². The van der Waals surface area contributed by atoms with Crippen molar-refractivity contribution in [3.05, 3.63) is 35.9 Å². The number of hydrogen-bond acceptors (Lipinski definition) is 2. The Morgan fingerprint density at radius 3 is 2.22 bits per heavy atom. The van der Waals surface area contributed by atoms with Crippen molar-refractivity contribution in [2.45, 2.75) is 45.7 Å². The van der Waals surface area contributed by atoms with E-state index >= 15 is 0 Å². The maximum Gasteiger partial charge on any atom is 0.0221 e. The van der Waals surface area contributed by atoms with Gasteiger partial charge in [0.15, 0.2) is 0 Å². The normalized spacial score (nSPS) is 15.1. The SMILES string of the molecule is CC(C)C(C)N(C)C(CN)CCc1ccccc1. The molecule has 1 aromatic rings. The lowest BCUT2D eigenvalue weighted by Crippen LogP contribution is -2.45. The Hall–Kier alpha value is -0.860. The monoisotopic (exact) mass is 248 g/mol. The van der Waals surface area contributed by atoms with Crippen LogP contribution >= 0.6 is 0 Å². The van der Waals surface area contributed by atoms with Crippen LogP contribution in [-0.4, -0.2) is 30.6 Å². The topological polar surface area (TPSA) is 29.3 Å². The van der Waals surface area contributed by atoms with E-state index in [1.807, 2.05) is 0 Å². The van der Waals surface area contributed by atoms with Crippen LogP contribution in [0, 0.1) is 5.92 Å². The molecule has 2 N–H and O–H groups in total. The van der Waals surface area contributed by atoms with Crippen molar-refractivity contribution in [1.82, 2.24) is 4.90 Å². The second-order valence-electron chi connectivity index (χ2n) is 5.56. The first-order chi connectivity index (χ1) is 8.56. The third-order valence-electron chi connectivity index (χ3n) is 4.06. The summed E-state index contributed by atoms with van der Waals surface area (Å²) in [5.41, 5.74) is 7.34. The highest BCUT2D eigenvalue weighted by Gasteiger charge is 2.20. The average molecular weight is 248 g/mol. The number of aryl methyl sites for hydroxylation is 1. The summed E-state index contributed by atoms with van der Waals surface area (Å²) in [6.07, 6.45) is 2.24. The second kappa shape index (κ2) is 7.55. The molecule has 0 spiro atoms. The van der Waals surface area contributed by atoms with Crippen molar-refractivity contribution in [2.24, 2.45) is 11.7 Å². The number of benzene rings is 1. The summed E-state index contributed by atoms with van der Waals surface area (Å²) in [4.78, 5) is 2.44. The molecule has 0 aliphatic rings. The zero-order valence-corrected chi connectivity index (χ0v) is 12.3. The molecule has 0 bridgehead atoms. The third kappa shape index (κ3) is 4.43. The number of hydrogen-bond donors (Lipinski definition) is 1. The third-order valence-corrected chi connectivity index (χ3v) is 4.06. The molecule has 2 unspecified atom stereocenters. The fourth-order valence-corrected chi connectivity index (χ4v) is 2.27. The lowest BCUT2D eigenvalue weighted by Gasteiger charge is -2.34. The van der Waals surface area contributed by atoms with Crippen LogP contribution in [0.5, 0.6) is 0 Å². The first-order valence-electron chi connectivity index (χ1n) is 7.02. The Labute approximate surface area is 112 Å². The van der Waals surface area contributed by atoms with Crippen molar-refractivity contribution in [3.8, 4) is 0 Å². The molecule has 0 saturated carbocycles. The van der Waals surface area contributed by atoms with Gasteiger partial charge >= 0.3 is 0 Å². The van der Waals surface area contributed by atoms with Gasteiger partial charge in [0.2, 0.25) is 0 Å². The van der Waals surface area contributed by atoms with Gasteiger partial charge in [-0.25, -0.2) is 0 Å². The zero-order chi connectivity index (χ0) is 13.5. The predicted octanol–water partition coefficient (Wildman–Crippen LogP) is 2.92. The number of likely N-dealkylation sites (N-methyl/N-ethyl adjacent to an activating group) is 1. The molecule has 2 nitrogen and oxygen atoms in total. The van der Waals surface area contributed by atoms with E-state index < -0.39 is 0 Å². The highest BCUT2D eigenvalue weighted by molar-refractivity contribution is 5.14. The van der Waals surface area contributed by atoms with Gasteiger partial charge in [0.05, 0.1) is 0 Å². The molecule has 0 radical (unpaired) electrons. The number of rotatable bonds is 7. The van der Waals surface area contributed by atoms with Crippen LogP contribution in [0.4, 0.5) is 0 Å². The van der Waals surface area contributed by atoms with E-state index in [-0.39, 0.29) is 0 Å². The fourth-order valence-electron chi connectivity index (χ4n) is 2.27. The fraction of sp³-hybridized carbons (Fsp3) is 0.625. The first kappa shape index (κ1) is 15.2. The van der Waals surface area contributed by atoms with Gasteiger partial charge < -0.3 is 5.73 Å². The minimum Gasteiger partial charge on any atom is -0.329 e. The molecule has 2 heteroatoms. The standard InChI is InChI=1S/C16H28N2/c1-13(2)14(3)18(4)16(12-17)11-10-15-8-6-5-7-9-15/h5-9,13-14,16H,10-12,17H2,1-4H3. The summed E-state index contributed by atoms with van der Waals surface area (Å²) in [6, 6.07) is 11.7. The molecule has 0 aliphatic heterocycles. The van der Waals surface area contributed by atoms with Gasteiger partial charge in [-0.05, 0) is 38.3 Å². The van der Waals surface area contributed by atoms with E-state index in [0.29, 0.717) is 18.0 Å². The Morgan fingerprint density at radius 1 is 1.11 bits per heavy atom. The molecular weight excluding hydrogens is 220 g/mol. The van der Waals surface area contributed by atoms with Crippen molar-refractivity contribution in [3.63, 3.8) is 0 Å². The average Bonchev–Trinajstić information content (AvgIpc) is 2.39. The van der Waals surface area contributed by atoms with E-state index in [1.54, 1.807) is 0 Å². The van der Waals surface area contributed by atoms with Gasteiger partial charge in [-0.3, -0.25) is 4.90 Å². The summed E-state index contributed by atoms with van der Waals surface area (Å²) in [7, 11) is 2.20. The Balaban J connectivity index is 2.52. The maximum atomic E-state index is 5.93. The van der Waals surface area contributed by atoms with Gasteiger partial charge in [-0.1, -0.05) is 44.2 Å². The van der Waals surface area contributed by atoms with Crippen molar-refractivity contribution < 1.29 is 0 Å². The molecule has 0 saturated heterocycles. The van der Waals surface area contributed by atoms with Crippen LogP contribution < -0.4 is 5.73 Å². The first-order valence-corrected chi connectivity index (χ1v) is 7.02. The molecular formula is C16H28N2. The van der Waals surface area contributed by atoms with Crippen LogP contribution in [0.25, 0.3) is 0 Å². The van der Waals surface area contributed by atoms with Crippen molar-refractivity contribution >= 4 is 0 Å². The predicted molar refractivity (Wildman–Crippen MR) is 79.7 cm³/mol. The van der Waals surface area contributed by atoms with Crippen molar-refractivity contribution in [2.75, 3.05) is 13.6 Å². The van der Waals surface area contributed by atoms with E-state index in [4.69, 9.17) is 5.73 Å². The number of nitrogens with two attached hydrogens (primary N) is 1. The van der Waals surface area contributed by atoms with E-state index in [1.165, 1.54) is 5.56 Å². The minimum absolute atomic E-state index is 0.475. The Kier molecular flexibility index (Phi) is 6.37. The molecule has 0 heterocycles. The highest BCUT2D eigenvalue weighted by Crippen LogP contribution is 2.15. The summed E-state index contributed by atoms with van der Waals surface area (Å²) in [5.74, 6) is 0.667. The molecule has 0 fully saturated rings. The van der Waals surface area contributed by atoms with Gasteiger partial charge in [-0.15, -0.1) is 0 Å². The molecule has 0 aliphatic carbocycles. The van der Waals surface area contributed by atoms with E-state index in [9.17, 15) is 0 Å². The summed E-state index contributed by atoms with van der Waals surface area (Å²) < 4.78 is 0. The van der Waals surface area contributed by atoms with Crippen LogP contribution in [0.2, 0.25) is 0 Å². The Morgan fingerprint density at radius 2 is 1.72 bits per heavy atom.